The fourth-order valence-corrected chi connectivity index (χ4v) is 11.5. The number of halogens is 5. The molecule has 2 heterocycles. The van der Waals surface area contributed by atoms with Gasteiger partial charge in [0.1, 0.15) is 11.2 Å². The molecule has 3 N–H and O–H groups in total. The highest BCUT2D eigenvalue weighted by Crippen LogP contribution is 2.74. The Labute approximate surface area is 352 Å². The predicted octanol–water partition coefficient (Wildman–Crippen LogP) is 8.49. The number of hydrogen-bond donors (Lipinski definition) is 3. The Kier molecular flexibility index (Phi) is 11.1. The van der Waals surface area contributed by atoms with Gasteiger partial charge in [-0.15, -0.1) is 0 Å². The molecule has 2 saturated carbocycles. The van der Waals surface area contributed by atoms with Gasteiger partial charge in [0, 0.05) is 58.7 Å². The maximum atomic E-state index is 15.8. The van der Waals surface area contributed by atoms with Gasteiger partial charge in [-0.3, -0.25) is 28.1 Å². The van der Waals surface area contributed by atoms with Crippen LogP contribution in [0.1, 0.15) is 78.8 Å². The summed E-state index contributed by atoms with van der Waals surface area (Å²) in [7, 11) is 3.43. The second-order valence-electron chi connectivity index (χ2n) is 17.1. The number of aliphatic hydroxyl groups excluding tert-OH is 1. The lowest BCUT2D eigenvalue weighted by atomic mass is 9.45. The Morgan fingerprint density at radius 2 is 1.51 bits per heavy atom. The van der Waals surface area contributed by atoms with E-state index in [2.05, 4.69) is 10.6 Å². The van der Waals surface area contributed by atoms with Gasteiger partial charge in [-0.2, -0.15) is 0 Å². The Balaban J connectivity index is 1.41. The van der Waals surface area contributed by atoms with Crippen LogP contribution in [0.25, 0.3) is 0 Å². The molecule has 8 nitrogen and oxygen atoms in total. The third-order valence-corrected chi connectivity index (χ3v) is 13.9. The maximum Gasteiger partial charge on any atom is 0.238 e. The third kappa shape index (κ3) is 6.73. The Hall–Kier alpha value is -4.42. The van der Waals surface area contributed by atoms with Gasteiger partial charge >= 0.3 is 0 Å². The van der Waals surface area contributed by atoms with E-state index in [1.807, 2.05) is 29.2 Å². The molecule has 4 aromatic carbocycles. The van der Waals surface area contributed by atoms with Crippen LogP contribution in [0, 0.1) is 17.2 Å². The van der Waals surface area contributed by atoms with Crippen molar-refractivity contribution in [2.24, 2.45) is 11.3 Å². The number of likely N-dealkylation sites (tertiary alicyclic amines) is 1. The standard InChI is InChI=1S/C46H47Cl2F3N4O4/c1-54(2)42(58)29-13-16-34(17-14-29)52-41(57)39-37(30-19-32(48)21-33(51)20-30)46(35-18-15-31(47)22-36(35)53-43(46)59)45(23-44(24-45,25-49)26-50)55(39)38(27-9-5-3-6-10-27)40(56)28-11-7-4-8-12-28/h3-12,15,18-22,29,34,37-40,56H,13-14,16-17,23-26H2,1-2H3,(H,52,57)(H,53,59)/t29?,34?,37-,38+,39+,40-,46-/m0/s1. The number of carbonyl (C=O) groups is 3. The van der Waals surface area contributed by atoms with Crippen molar-refractivity contribution in [2.45, 2.75) is 79.6 Å². The van der Waals surface area contributed by atoms with Crippen LogP contribution in [-0.4, -0.2) is 77.7 Å². The molecule has 0 unspecified atom stereocenters. The summed E-state index contributed by atoms with van der Waals surface area (Å²) in [5, 5.41) is 19.4. The average molecular weight is 848 g/mol. The van der Waals surface area contributed by atoms with Crippen LogP contribution in [0.3, 0.4) is 0 Å². The molecule has 310 valence electrons. The summed E-state index contributed by atoms with van der Waals surface area (Å²) >= 11 is 13.1. The number of nitrogens with zero attached hydrogens (tertiary/aromatic N) is 2. The third-order valence-electron chi connectivity index (χ3n) is 13.5. The highest BCUT2D eigenvalue weighted by atomic mass is 35.5. The first-order valence-electron chi connectivity index (χ1n) is 20.1. The molecular formula is C46H47Cl2F3N4O4. The molecule has 4 aliphatic rings. The van der Waals surface area contributed by atoms with E-state index >= 15 is 22.8 Å². The summed E-state index contributed by atoms with van der Waals surface area (Å²) in [4.78, 5) is 47.5. The van der Waals surface area contributed by atoms with Gasteiger partial charge in [-0.25, -0.2) is 4.39 Å². The minimum atomic E-state index is -1.79. The summed E-state index contributed by atoms with van der Waals surface area (Å²) in [6, 6.07) is 24.0. The first-order chi connectivity index (χ1) is 28.3. The molecule has 59 heavy (non-hydrogen) atoms. The van der Waals surface area contributed by atoms with Crippen molar-refractivity contribution in [1.82, 2.24) is 15.1 Å². The van der Waals surface area contributed by atoms with Crippen LogP contribution < -0.4 is 10.6 Å². The Morgan fingerprint density at radius 3 is 2.10 bits per heavy atom. The van der Waals surface area contributed by atoms with Crippen molar-refractivity contribution >= 4 is 46.6 Å². The van der Waals surface area contributed by atoms with E-state index in [-0.39, 0.29) is 41.3 Å². The van der Waals surface area contributed by atoms with E-state index < -0.39 is 71.5 Å². The van der Waals surface area contributed by atoms with Gasteiger partial charge in [0.05, 0.1) is 31.5 Å². The van der Waals surface area contributed by atoms with Gasteiger partial charge in [0.15, 0.2) is 0 Å². The zero-order valence-corrected chi connectivity index (χ0v) is 34.3. The number of carbonyl (C=O) groups excluding carboxylic acids is 3. The van der Waals surface area contributed by atoms with Crippen LogP contribution in [0.15, 0.2) is 97.1 Å². The molecule has 2 spiro atoms. The van der Waals surface area contributed by atoms with E-state index in [4.69, 9.17) is 23.2 Å². The Morgan fingerprint density at radius 1 is 0.881 bits per heavy atom. The Bertz CT molecular complexity index is 2210. The van der Waals surface area contributed by atoms with Crippen LogP contribution in [0.5, 0.6) is 0 Å². The van der Waals surface area contributed by atoms with Gasteiger partial charge in [-0.05, 0) is 91.1 Å². The zero-order valence-electron chi connectivity index (χ0n) is 32.8. The second kappa shape index (κ2) is 15.9. The molecule has 13 heteroatoms. The molecule has 4 aromatic rings. The van der Waals surface area contributed by atoms with Crippen LogP contribution in [0.4, 0.5) is 18.9 Å². The number of rotatable bonds is 10. The average Bonchev–Trinajstić information content (AvgIpc) is 3.65. The van der Waals surface area contributed by atoms with Crippen molar-refractivity contribution in [2.75, 3.05) is 32.8 Å². The van der Waals surface area contributed by atoms with E-state index in [9.17, 15) is 9.90 Å². The van der Waals surface area contributed by atoms with Crippen LogP contribution in [-0.2, 0) is 19.8 Å². The number of amides is 3. The highest BCUT2D eigenvalue weighted by Gasteiger charge is 2.81. The topological polar surface area (TPSA) is 102 Å². The quantitative estimate of drug-likeness (QED) is 0.149. The lowest BCUT2D eigenvalue weighted by molar-refractivity contribution is -0.166. The van der Waals surface area contributed by atoms with Crippen molar-refractivity contribution in [3.05, 3.63) is 135 Å². The molecule has 0 radical (unpaired) electrons. The van der Waals surface area contributed by atoms with Gasteiger partial charge in [0.25, 0.3) is 0 Å². The smallest absolute Gasteiger partial charge is 0.238 e. The van der Waals surface area contributed by atoms with Crippen molar-refractivity contribution in [3.63, 3.8) is 0 Å². The normalized spacial score (nSPS) is 26.5. The molecule has 1 saturated heterocycles. The van der Waals surface area contributed by atoms with E-state index in [0.29, 0.717) is 53.1 Å². The fourth-order valence-electron chi connectivity index (χ4n) is 11.1. The molecule has 2 aliphatic heterocycles. The van der Waals surface area contributed by atoms with Crippen molar-refractivity contribution in [3.8, 4) is 0 Å². The maximum absolute atomic E-state index is 15.8. The molecule has 0 aromatic heterocycles. The molecule has 8 rings (SSSR count). The predicted molar refractivity (Wildman–Crippen MR) is 221 cm³/mol. The van der Waals surface area contributed by atoms with Crippen LogP contribution >= 0.6 is 23.2 Å². The SMILES string of the molecule is CN(C)C(=O)C1CCC(NC(=O)[C@H]2[C@H](c3cc(F)cc(Cl)c3)[C@@]3(C(=O)Nc4cc(Cl)ccc43)C3(CC(CF)(CF)C3)N2[C@H](c2ccccc2)[C@@H](O)c2ccccc2)CC1. The number of nitrogens with one attached hydrogen (secondary N) is 2. The number of aliphatic hydroxyl groups is 1. The van der Waals surface area contributed by atoms with Crippen molar-refractivity contribution < 1.29 is 32.7 Å². The lowest BCUT2D eigenvalue weighted by Gasteiger charge is -2.63. The summed E-state index contributed by atoms with van der Waals surface area (Å²) < 4.78 is 46.5. The molecular weight excluding hydrogens is 800 g/mol. The minimum absolute atomic E-state index is 0.0180. The number of alkyl halides is 2. The molecule has 5 atom stereocenters. The van der Waals surface area contributed by atoms with Gasteiger partial charge in [-0.1, -0.05) is 89.9 Å². The van der Waals surface area contributed by atoms with Crippen molar-refractivity contribution in [1.29, 1.82) is 0 Å². The lowest BCUT2D eigenvalue weighted by Crippen LogP contribution is -2.72. The summed E-state index contributed by atoms with van der Waals surface area (Å²) in [5.41, 5.74) is -2.74. The van der Waals surface area contributed by atoms with Gasteiger partial charge in [0.2, 0.25) is 17.7 Å². The number of anilines is 1. The first-order valence-corrected chi connectivity index (χ1v) is 20.8. The minimum Gasteiger partial charge on any atom is -0.386 e. The first kappa shape index (κ1) is 41.3. The summed E-state index contributed by atoms with van der Waals surface area (Å²) in [6.45, 7) is -2.08. The highest BCUT2D eigenvalue weighted by molar-refractivity contribution is 6.31. The number of hydrogen-bond acceptors (Lipinski definition) is 5. The molecule has 0 bridgehead atoms. The molecule has 3 amide bonds. The zero-order chi connectivity index (χ0) is 41.9. The fraction of sp³-hybridized carbons (Fsp3) is 0.413. The van der Waals surface area contributed by atoms with E-state index in [1.54, 1.807) is 73.6 Å². The molecule has 2 aliphatic carbocycles. The number of fused-ring (bicyclic) bond motifs is 3. The van der Waals surface area contributed by atoms with E-state index in [1.165, 1.54) is 12.1 Å². The largest absolute Gasteiger partial charge is 0.386 e. The summed E-state index contributed by atoms with van der Waals surface area (Å²) in [6.07, 6.45) is 0.322. The van der Waals surface area contributed by atoms with Gasteiger partial charge < -0.3 is 20.6 Å². The second-order valence-corrected chi connectivity index (χ2v) is 18.0. The summed E-state index contributed by atoms with van der Waals surface area (Å²) in [5.74, 6) is -3.15. The monoisotopic (exact) mass is 846 g/mol. The van der Waals surface area contributed by atoms with E-state index in [0.717, 1.165) is 6.07 Å². The van der Waals surface area contributed by atoms with Crippen LogP contribution in [0.2, 0.25) is 10.0 Å². The molecule has 3 fully saturated rings. The number of benzene rings is 4.